The molecule has 0 saturated carbocycles. The molecule has 0 aromatic heterocycles. The first kappa shape index (κ1) is 17.8. The number of amides is 1. The van der Waals surface area contributed by atoms with Gasteiger partial charge in [0, 0.05) is 13.6 Å². The second-order valence-electron chi connectivity index (χ2n) is 5.47. The zero-order chi connectivity index (χ0) is 14.4. The van der Waals surface area contributed by atoms with Crippen LogP contribution in [-0.2, 0) is 4.79 Å². The molecule has 0 bridgehead atoms. The smallest absolute Gasteiger partial charge is 0.226 e. The highest BCUT2D eigenvalue weighted by Crippen LogP contribution is 2.14. The zero-order valence-electron chi connectivity index (χ0n) is 12.8. The summed E-state index contributed by atoms with van der Waals surface area (Å²) in [7, 11) is 1.86. The van der Waals surface area contributed by atoms with E-state index in [1.807, 2.05) is 38.2 Å². The lowest BCUT2D eigenvalue weighted by atomic mass is 9.98. The predicted molar refractivity (Wildman–Crippen MR) is 87.2 cm³/mol. The molecule has 1 fully saturated rings. The van der Waals surface area contributed by atoms with Crippen LogP contribution in [0.3, 0.4) is 0 Å². The third kappa shape index (κ3) is 5.56. The van der Waals surface area contributed by atoms with E-state index in [1.165, 1.54) is 5.56 Å². The number of likely N-dealkylation sites (N-methyl/N-ethyl adjacent to an activating group) is 1. The minimum absolute atomic E-state index is 0. The lowest BCUT2D eigenvalue weighted by molar-refractivity contribution is -0.135. The zero-order valence-corrected chi connectivity index (χ0v) is 13.6. The van der Waals surface area contributed by atoms with Crippen LogP contribution in [0.1, 0.15) is 18.4 Å². The minimum Gasteiger partial charge on any atom is -0.492 e. The number of hydrogen-bond donors (Lipinski definition) is 1. The quantitative estimate of drug-likeness (QED) is 0.907. The number of piperidine rings is 1. The van der Waals surface area contributed by atoms with Crippen LogP contribution in [0.5, 0.6) is 5.75 Å². The van der Waals surface area contributed by atoms with Crippen molar-refractivity contribution >= 4 is 18.3 Å². The maximum atomic E-state index is 12.2. The van der Waals surface area contributed by atoms with E-state index in [0.29, 0.717) is 13.2 Å². The number of halogens is 1. The van der Waals surface area contributed by atoms with Gasteiger partial charge in [0.05, 0.1) is 12.5 Å². The highest BCUT2D eigenvalue weighted by molar-refractivity contribution is 5.85. The molecule has 1 aromatic rings. The van der Waals surface area contributed by atoms with Gasteiger partial charge in [-0.05, 0) is 44.0 Å². The van der Waals surface area contributed by atoms with E-state index in [1.54, 1.807) is 4.90 Å². The molecule has 1 heterocycles. The molecule has 1 atom stereocenters. The summed E-state index contributed by atoms with van der Waals surface area (Å²) >= 11 is 0. The van der Waals surface area contributed by atoms with Gasteiger partial charge in [0.15, 0.2) is 0 Å². The van der Waals surface area contributed by atoms with Gasteiger partial charge in [0.1, 0.15) is 12.4 Å². The lowest BCUT2D eigenvalue weighted by Crippen LogP contribution is -2.42. The second kappa shape index (κ2) is 8.90. The largest absolute Gasteiger partial charge is 0.492 e. The fourth-order valence-corrected chi connectivity index (χ4v) is 2.49. The Hall–Kier alpha value is -1.26. The third-order valence-electron chi connectivity index (χ3n) is 3.71. The predicted octanol–water partition coefficient (Wildman–Crippen LogP) is 2.25. The number of rotatable bonds is 5. The average molecular weight is 313 g/mol. The van der Waals surface area contributed by atoms with Gasteiger partial charge in [0.25, 0.3) is 0 Å². The molecule has 5 heteroatoms. The monoisotopic (exact) mass is 312 g/mol. The van der Waals surface area contributed by atoms with Crippen LogP contribution in [0.25, 0.3) is 0 Å². The number of nitrogens with zero attached hydrogens (tertiary/aromatic N) is 1. The van der Waals surface area contributed by atoms with Gasteiger partial charge in [-0.2, -0.15) is 0 Å². The van der Waals surface area contributed by atoms with Crippen molar-refractivity contribution in [1.29, 1.82) is 0 Å². The Balaban J connectivity index is 0.00000220. The topological polar surface area (TPSA) is 41.6 Å². The van der Waals surface area contributed by atoms with Gasteiger partial charge in [-0.25, -0.2) is 0 Å². The molecule has 0 radical (unpaired) electrons. The Morgan fingerprint density at radius 3 is 2.95 bits per heavy atom. The summed E-state index contributed by atoms with van der Waals surface area (Å²) in [5.74, 6) is 1.22. The molecule has 1 aliphatic heterocycles. The van der Waals surface area contributed by atoms with Crippen LogP contribution in [0.15, 0.2) is 24.3 Å². The fourth-order valence-electron chi connectivity index (χ4n) is 2.49. The molecule has 2 rings (SSSR count). The van der Waals surface area contributed by atoms with E-state index in [2.05, 4.69) is 5.32 Å². The minimum atomic E-state index is 0. The number of aryl methyl sites for hydroxylation is 1. The fraction of sp³-hybridized carbons (Fsp3) is 0.562. The number of carbonyl (C=O) groups is 1. The summed E-state index contributed by atoms with van der Waals surface area (Å²) in [6, 6.07) is 7.97. The summed E-state index contributed by atoms with van der Waals surface area (Å²) in [6.45, 7) is 5.04. The molecule has 0 unspecified atom stereocenters. The highest BCUT2D eigenvalue weighted by Gasteiger charge is 2.23. The normalized spacial score (nSPS) is 17.7. The number of hydrogen-bond acceptors (Lipinski definition) is 3. The second-order valence-corrected chi connectivity index (χ2v) is 5.47. The standard InChI is InChI=1S/C16H24N2O2.ClH/c1-13-5-3-7-15(11-13)20-10-9-18(2)16(19)14-6-4-8-17-12-14;/h3,5,7,11,14,17H,4,6,8-10,12H2,1-2H3;1H/t14-;/m1./s1. The van der Waals surface area contributed by atoms with Crippen molar-refractivity contribution in [1.82, 2.24) is 10.2 Å². The summed E-state index contributed by atoms with van der Waals surface area (Å²) < 4.78 is 5.69. The lowest BCUT2D eigenvalue weighted by Gasteiger charge is -2.27. The van der Waals surface area contributed by atoms with Gasteiger partial charge in [-0.15, -0.1) is 12.4 Å². The Morgan fingerprint density at radius 2 is 2.29 bits per heavy atom. The molecule has 4 nitrogen and oxygen atoms in total. The van der Waals surface area contributed by atoms with E-state index in [-0.39, 0.29) is 24.2 Å². The highest BCUT2D eigenvalue weighted by atomic mass is 35.5. The molecule has 1 saturated heterocycles. The Kier molecular flexibility index (Phi) is 7.54. The number of nitrogens with one attached hydrogen (secondary N) is 1. The summed E-state index contributed by atoms with van der Waals surface area (Å²) in [5, 5.41) is 3.28. The summed E-state index contributed by atoms with van der Waals surface area (Å²) in [6.07, 6.45) is 2.08. The molecule has 0 aliphatic carbocycles. The van der Waals surface area contributed by atoms with Crippen LogP contribution in [0, 0.1) is 12.8 Å². The first-order valence-electron chi connectivity index (χ1n) is 7.32. The Bertz CT molecular complexity index is 448. The van der Waals surface area contributed by atoms with E-state index < -0.39 is 0 Å². The average Bonchev–Trinajstić information content (AvgIpc) is 2.47. The third-order valence-corrected chi connectivity index (χ3v) is 3.71. The molecule has 0 spiro atoms. The van der Waals surface area contributed by atoms with E-state index in [4.69, 9.17) is 4.74 Å². The molecule has 1 aliphatic rings. The van der Waals surface area contributed by atoms with Gasteiger partial charge in [-0.3, -0.25) is 4.79 Å². The first-order valence-corrected chi connectivity index (χ1v) is 7.32. The van der Waals surface area contributed by atoms with E-state index >= 15 is 0 Å². The number of carbonyl (C=O) groups excluding carboxylic acids is 1. The molecular formula is C16H25ClN2O2. The molecule has 1 N–H and O–H groups in total. The van der Waals surface area contributed by atoms with E-state index in [0.717, 1.165) is 31.7 Å². The summed E-state index contributed by atoms with van der Waals surface area (Å²) in [4.78, 5) is 14.0. The molecule has 1 aromatic carbocycles. The Morgan fingerprint density at radius 1 is 1.48 bits per heavy atom. The maximum absolute atomic E-state index is 12.2. The number of ether oxygens (including phenoxy) is 1. The van der Waals surface area contributed by atoms with Crippen molar-refractivity contribution in [2.24, 2.45) is 5.92 Å². The molecule has 1 amide bonds. The van der Waals surface area contributed by atoms with Crippen LogP contribution in [0.4, 0.5) is 0 Å². The van der Waals surface area contributed by atoms with E-state index in [9.17, 15) is 4.79 Å². The van der Waals surface area contributed by atoms with Gasteiger partial charge in [0.2, 0.25) is 5.91 Å². The van der Waals surface area contributed by atoms with Crippen molar-refractivity contribution in [3.8, 4) is 5.75 Å². The van der Waals surface area contributed by atoms with Crippen molar-refractivity contribution in [2.75, 3.05) is 33.3 Å². The van der Waals surface area contributed by atoms with Crippen LogP contribution in [-0.4, -0.2) is 44.1 Å². The SMILES string of the molecule is Cc1cccc(OCCN(C)C(=O)[C@@H]2CCCNC2)c1.Cl. The Labute approximate surface area is 133 Å². The van der Waals surface area contributed by atoms with Crippen LogP contribution in [0.2, 0.25) is 0 Å². The van der Waals surface area contributed by atoms with Crippen LogP contribution >= 0.6 is 12.4 Å². The van der Waals surface area contributed by atoms with Crippen molar-refractivity contribution in [3.05, 3.63) is 29.8 Å². The van der Waals surface area contributed by atoms with Gasteiger partial charge in [-0.1, -0.05) is 12.1 Å². The van der Waals surface area contributed by atoms with Crippen molar-refractivity contribution in [2.45, 2.75) is 19.8 Å². The molecule has 21 heavy (non-hydrogen) atoms. The van der Waals surface area contributed by atoms with Crippen molar-refractivity contribution < 1.29 is 9.53 Å². The number of benzene rings is 1. The molecule has 118 valence electrons. The maximum Gasteiger partial charge on any atom is 0.226 e. The molecular weight excluding hydrogens is 288 g/mol. The first-order chi connectivity index (χ1) is 9.66. The van der Waals surface area contributed by atoms with Gasteiger partial charge < -0.3 is 15.0 Å². The van der Waals surface area contributed by atoms with Crippen molar-refractivity contribution in [3.63, 3.8) is 0 Å². The summed E-state index contributed by atoms with van der Waals surface area (Å²) in [5.41, 5.74) is 1.18. The van der Waals surface area contributed by atoms with Gasteiger partial charge >= 0.3 is 0 Å². The van der Waals surface area contributed by atoms with Crippen LogP contribution < -0.4 is 10.1 Å².